The first kappa shape index (κ1) is 12.3. The van der Waals surface area contributed by atoms with Crippen LogP contribution in [0.5, 0.6) is 0 Å². The molecule has 84 valence electrons. The zero-order valence-corrected chi connectivity index (χ0v) is 11.0. The van der Waals surface area contributed by atoms with E-state index in [0.29, 0.717) is 6.04 Å². The normalized spacial score (nSPS) is 28.3. The molecule has 0 aromatic heterocycles. The quantitative estimate of drug-likeness (QED) is 0.625. The standard InChI is InChI=1S/C11H23ClN2/c1-10(2)7-9(13(5)6)8-11(3,4)14(10)12/h9H,7-8H2,1-6H3. The van der Waals surface area contributed by atoms with Crippen molar-refractivity contribution in [3.8, 4) is 0 Å². The highest BCUT2D eigenvalue weighted by Crippen LogP contribution is 2.40. The fraction of sp³-hybridized carbons (Fsp3) is 1.00. The van der Waals surface area contributed by atoms with Crippen molar-refractivity contribution in [2.45, 2.75) is 57.7 Å². The van der Waals surface area contributed by atoms with Gasteiger partial charge in [0.2, 0.25) is 0 Å². The van der Waals surface area contributed by atoms with Gasteiger partial charge in [-0.05, 0) is 66.4 Å². The molecule has 0 aromatic carbocycles. The van der Waals surface area contributed by atoms with Crippen LogP contribution in [0.2, 0.25) is 0 Å². The van der Waals surface area contributed by atoms with Crippen LogP contribution >= 0.6 is 11.8 Å². The molecule has 0 atom stereocenters. The fourth-order valence-electron chi connectivity index (χ4n) is 2.57. The Labute approximate surface area is 93.3 Å². The van der Waals surface area contributed by atoms with E-state index in [-0.39, 0.29) is 11.1 Å². The Kier molecular flexibility index (Phi) is 3.21. The number of nitrogens with zero attached hydrogens (tertiary/aromatic N) is 2. The molecule has 1 aliphatic rings. The van der Waals surface area contributed by atoms with E-state index >= 15 is 0 Å². The molecule has 0 N–H and O–H groups in total. The second kappa shape index (κ2) is 3.66. The Bertz CT molecular complexity index is 193. The Hall–Kier alpha value is 0.210. The highest BCUT2D eigenvalue weighted by atomic mass is 35.5. The average molecular weight is 219 g/mol. The summed E-state index contributed by atoms with van der Waals surface area (Å²) in [7, 11) is 4.31. The van der Waals surface area contributed by atoms with Crippen LogP contribution in [0, 0.1) is 0 Å². The van der Waals surface area contributed by atoms with Gasteiger partial charge in [-0.25, -0.2) is 4.42 Å². The molecule has 2 nitrogen and oxygen atoms in total. The van der Waals surface area contributed by atoms with Crippen LogP contribution in [0.1, 0.15) is 40.5 Å². The van der Waals surface area contributed by atoms with Gasteiger partial charge in [0.05, 0.1) is 0 Å². The third kappa shape index (κ3) is 2.23. The Balaban J connectivity index is 2.86. The van der Waals surface area contributed by atoms with Crippen LogP contribution in [-0.4, -0.2) is 40.5 Å². The van der Waals surface area contributed by atoms with E-state index in [4.69, 9.17) is 11.8 Å². The van der Waals surface area contributed by atoms with E-state index in [2.05, 4.69) is 46.7 Å². The van der Waals surface area contributed by atoms with Crippen molar-refractivity contribution in [1.82, 2.24) is 9.32 Å². The molecule has 3 heteroatoms. The van der Waals surface area contributed by atoms with Crippen LogP contribution < -0.4 is 0 Å². The second-order valence-corrected chi connectivity index (χ2v) is 6.27. The molecule has 1 saturated heterocycles. The Morgan fingerprint density at radius 3 is 1.71 bits per heavy atom. The fourth-order valence-corrected chi connectivity index (χ4v) is 2.71. The molecule has 0 unspecified atom stereocenters. The number of rotatable bonds is 1. The summed E-state index contributed by atoms with van der Waals surface area (Å²) in [5.41, 5.74) is 0.163. The van der Waals surface area contributed by atoms with Crippen LogP contribution in [0.3, 0.4) is 0 Å². The molecule has 14 heavy (non-hydrogen) atoms. The minimum atomic E-state index is 0.0816. The van der Waals surface area contributed by atoms with Crippen molar-refractivity contribution in [1.29, 1.82) is 0 Å². The maximum absolute atomic E-state index is 6.38. The number of hydrogen-bond donors (Lipinski definition) is 0. The van der Waals surface area contributed by atoms with Gasteiger partial charge in [0.1, 0.15) is 0 Å². The van der Waals surface area contributed by atoms with E-state index in [9.17, 15) is 0 Å². The monoisotopic (exact) mass is 218 g/mol. The van der Waals surface area contributed by atoms with Gasteiger partial charge in [-0.3, -0.25) is 0 Å². The first-order chi connectivity index (χ1) is 6.17. The number of halogens is 1. The van der Waals surface area contributed by atoms with Crippen LogP contribution in [0.4, 0.5) is 0 Å². The van der Waals surface area contributed by atoms with Crippen molar-refractivity contribution in [2.24, 2.45) is 0 Å². The van der Waals surface area contributed by atoms with Crippen LogP contribution in [0.15, 0.2) is 0 Å². The van der Waals surface area contributed by atoms with Gasteiger partial charge in [0.15, 0.2) is 0 Å². The molecule has 1 fully saturated rings. The summed E-state index contributed by atoms with van der Waals surface area (Å²) >= 11 is 6.38. The van der Waals surface area contributed by atoms with Crippen molar-refractivity contribution >= 4 is 11.8 Å². The zero-order valence-electron chi connectivity index (χ0n) is 10.3. The predicted octanol–water partition coefficient (Wildman–Crippen LogP) is 2.72. The highest BCUT2D eigenvalue weighted by molar-refractivity contribution is 6.14. The maximum atomic E-state index is 6.38. The first-order valence-corrected chi connectivity index (χ1v) is 5.63. The SMILES string of the molecule is CN(C)C1CC(C)(C)N(Cl)C(C)(C)C1. The summed E-state index contributed by atoms with van der Waals surface area (Å²) < 4.78 is 2.00. The third-order valence-corrected chi connectivity index (χ3v) is 4.18. The van der Waals surface area contributed by atoms with Gasteiger partial charge in [-0.1, -0.05) is 0 Å². The molecule has 0 radical (unpaired) electrons. The smallest absolute Gasteiger partial charge is 0.0327 e. The van der Waals surface area contributed by atoms with Crippen molar-refractivity contribution < 1.29 is 0 Å². The number of hydrogen-bond acceptors (Lipinski definition) is 2. The van der Waals surface area contributed by atoms with Gasteiger partial charge in [-0.15, -0.1) is 0 Å². The Morgan fingerprint density at radius 2 is 1.43 bits per heavy atom. The average Bonchev–Trinajstić information content (AvgIpc) is 1.98. The number of piperidine rings is 1. The van der Waals surface area contributed by atoms with Crippen LogP contribution in [0.25, 0.3) is 0 Å². The lowest BCUT2D eigenvalue weighted by Crippen LogP contribution is -2.59. The lowest BCUT2D eigenvalue weighted by Gasteiger charge is -2.52. The van der Waals surface area contributed by atoms with E-state index in [1.165, 1.54) is 0 Å². The van der Waals surface area contributed by atoms with E-state index in [1.807, 2.05) is 4.42 Å². The van der Waals surface area contributed by atoms with E-state index < -0.39 is 0 Å². The molecule has 0 spiro atoms. The van der Waals surface area contributed by atoms with Crippen molar-refractivity contribution in [3.63, 3.8) is 0 Å². The van der Waals surface area contributed by atoms with Gasteiger partial charge in [-0.2, -0.15) is 0 Å². The minimum absolute atomic E-state index is 0.0816. The molecular weight excluding hydrogens is 196 g/mol. The van der Waals surface area contributed by atoms with Gasteiger partial charge < -0.3 is 4.90 Å². The largest absolute Gasteiger partial charge is 0.306 e. The summed E-state index contributed by atoms with van der Waals surface area (Å²) in [5.74, 6) is 0. The molecule has 1 rings (SSSR count). The first-order valence-electron chi connectivity index (χ1n) is 5.29. The zero-order chi connectivity index (χ0) is 11.1. The lowest BCUT2D eigenvalue weighted by atomic mass is 9.79. The summed E-state index contributed by atoms with van der Waals surface area (Å²) in [4.78, 5) is 2.31. The highest BCUT2D eigenvalue weighted by Gasteiger charge is 2.45. The molecule has 0 bridgehead atoms. The minimum Gasteiger partial charge on any atom is -0.306 e. The van der Waals surface area contributed by atoms with Crippen molar-refractivity contribution in [3.05, 3.63) is 0 Å². The Morgan fingerprint density at radius 1 is 1.07 bits per heavy atom. The van der Waals surface area contributed by atoms with Crippen molar-refractivity contribution in [2.75, 3.05) is 14.1 Å². The predicted molar refractivity (Wildman–Crippen MR) is 62.6 cm³/mol. The molecule has 1 heterocycles. The molecule has 0 amide bonds. The van der Waals surface area contributed by atoms with Gasteiger partial charge in [0.25, 0.3) is 0 Å². The summed E-state index contributed by atoms with van der Waals surface area (Å²) in [6.45, 7) is 8.88. The summed E-state index contributed by atoms with van der Waals surface area (Å²) in [6.07, 6.45) is 2.26. The topological polar surface area (TPSA) is 6.48 Å². The molecule has 0 saturated carbocycles. The van der Waals surface area contributed by atoms with E-state index in [0.717, 1.165) is 12.8 Å². The molecular formula is C11H23ClN2. The van der Waals surface area contributed by atoms with E-state index in [1.54, 1.807) is 0 Å². The second-order valence-electron chi connectivity index (χ2n) is 5.93. The lowest BCUT2D eigenvalue weighted by molar-refractivity contribution is 0.00941. The third-order valence-electron chi connectivity index (χ3n) is 3.26. The molecule has 0 aromatic rings. The van der Waals surface area contributed by atoms with Gasteiger partial charge in [0, 0.05) is 17.1 Å². The van der Waals surface area contributed by atoms with Gasteiger partial charge >= 0.3 is 0 Å². The van der Waals surface area contributed by atoms with Crippen LogP contribution in [-0.2, 0) is 0 Å². The summed E-state index contributed by atoms with van der Waals surface area (Å²) in [6, 6.07) is 0.634. The maximum Gasteiger partial charge on any atom is 0.0327 e. The molecule has 0 aliphatic carbocycles. The molecule has 1 aliphatic heterocycles. The summed E-state index contributed by atoms with van der Waals surface area (Å²) in [5, 5.41) is 0.